The second-order valence-electron chi connectivity index (χ2n) is 37.0. The molecule has 129 heavy (non-hydrogen) atoms. The van der Waals surface area contributed by atoms with Gasteiger partial charge in [0.25, 0.3) is 0 Å². The Morgan fingerprint density at radius 2 is 0.411 bits per heavy atom. The predicted molar refractivity (Wildman–Crippen MR) is 538 cm³/mol. The lowest BCUT2D eigenvalue weighted by atomic mass is 9.94. The summed E-state index contributed by atoms with van der Waals surface area (Å²) in [6.45, 7) is 11.4. The average molecular weight is 1830 g/mol. The van der Waals surface area contributed by atoms with Gasteiger partial charge in [-0.05, 0) is 236 Å². The Morgan fingerprint density at radius 3 is 0.612 bits per heavy atom. The molecule has 12 heterocycles. The first kappa shape index (κ1) is 104. The lowest BCUT2D eigenvalue weighted by Crippen LogP contribution is -2.26. The molecule has 0 saturated heterocycles. The third-order valence-corrected chi connectivity index (χ3v) is 29.4. The molecule has 0 spiro atoms. The van der Waals surface area contributed by atoms with E-state index in [0.717, 1.165) is 137 Å². The van der Waals surface area contributed by atoms with Crippen molar-refractivity contribution in [3.63, 3.8) is 0 Å². The van der Waals surface area contributed by atoms with Crippen molar-refractivity contribution in [2.75, 3.05) is 97.9 Å². The zero-order valence-electron chi connectivity index (χ0n) is 80.7. The van der Waals surface area contributed by atoms with Crippen LogP contribution in [0.4, 0.5) is 0 Å². The van der Waals surface area contributed by atoms with Gasteiger partial charge in [0.2, 0.25) is 17.7 Å². The summed E-state index contributed by atoms with van der Waals surface area (Å²) >= 11 is 4.63. The number of hydrogen-bond donors (Lipinski definition) is 3. The molecule has 0 saturated carbocycles. The fraction of sp³-hybridized carbons (Fsp3) is 0.649. The molecule has 0 aromatic heterocycles. The predicted octanol–water partition coefficient (Wildman–Crippen LogP) is 28.3. The minimum Gasteiger partial charge on any atom is -0.493 e. The van der Waals surface area contributed by atoms with Crippen molar-refractivity contribution < 1.29 is 57.0 Å². The first-order chi connectivity index (χ1) is 63.5. The van der Waals surface area contributed by atoms with Crippen LogP contribution in [0, 0.1) is 0 Å². The number of methoxy groups -OCH3 is 3. The molecule has 20 rings (SSSR count). The molecule has 18 heteroatoms. The summed E-state index contributed by atoms with van der Waals surface area (Å²) in [6, 6.07) is 26.6. The van der Waals surface area contributed by atoms with E-state index in [4.69, 9.17) is 42.6 Å². The lowest BCUT2D eigenvalue weighted by molar-refractivity contribution is -0.119. The highest BCUT2D eigenvalue weighted by Crippen LogP contribution is 2.45. The van der Waals surface area contributed by atoms with Gasteiger partial charge >= 0.3 is 0 Å². The first-order valence-electron chi connectivity index (χ1n) is 51.5. The maximum atomic E-state index is 14.2. The van der Waals surface area contributed by atoms with Gasteiger partial charge in [0.1, 0.15) is 17.2 Å². The smallest absolute Gasteiger partial charge is 0.230 e. The zero-order chi connectivity index (χ0) is 90.3. The number of amides is 3. The Morgan fingerprint density at radius 1 is 0.240 bits per heavy atom. The van der Waals surface area contributed by atoms with Crippen LogP contribution in [0.5, 0.6) is 51.7 Å². The second-order valence-corrected chi connectivity index (χ2v) is 40.0. The van der Waals surface area contributed by atoms with E-state index in [1.54, 1.807) is 56.6 Å². The third kappa shape index (κ3) is 38.1. The maximum absolute atomic E-state index is 14.2. The number of rotatable bonds is 57. The number of carbonyl (C=O) groups is 3. The van der Waals surface area contributed by atoms with Crippen LogP contribution in [-0.2, 0) is 52.9 Å². The Labute approximate surface area is 792 Å². The van der Waals surface area contributed by atoms with Crippen LogP contribution in [0.3, 0.4) is 0 Å². The second kappa shape index (κ2) is 62.5. The highest BCUT2D eigenvalue weighted by atomic mass is 32.2. The molecule has 6 aromatic rings. The molecule has 0 fully saturated rings. The molecule has 0 unspecified atom stereocenters. The Balaban J connectivity index is 0.960. The molecule has 2 aliphatic carbocycles. The van der Waals surface area contributed by atoms with Gasteiger partial charge in [-0.2, -0.15) is 0 Å². The van der Waals surface area contributed by atoms with Gasteiger partial charge in [-0.3, -0.25) is 14.4 Å². The normalized spacial score (nSPS) is 13.9. The molecule has 3 N–H and O–H groups in total. The fourth-order valence-corrected chi connectivity index (χ4v) is 21.1. The number of carbonyl (C=O) groups excluding carboxylic acids is 3. The number of hydrogen-bond acceptors (Lipinski definition) is 15. The van der Waals surface area contributed by atoms with Gasteiger partial charge in [-0.1, -0.05) is 271 Å². The minimum atomic E-state index is 0.0136. The van der Waals surface area contributed by atoms with E-state index >= 15 is 0 Å². The highest BCUT2D eigenvalue weighted by Gasteiger charge is 2.28. The number of ether oxygens (including phenoxy) is 9. The highest BCUT2D eigenvalue weighted by molar-refractivity contribution is 8.00. The summed E-state index contributed by atoms with van der Waals surface area (Å²) in [5.41, 5.74) is 13.4. The van der Waals surface area contributed by atoms with Crippen LogP contribution in [0.1, 0.15) is 396 Å². The summed E-state index contributed by atoms with van der Waals surface area (Å²) in [4.78, 5) is 45.2. The molecule has 6 aromatic carbocycles. The van der Waals surface area contributed by atoms with Crippen molar-refractivity contribution in [2.24, 2.45) is 0 Å². The van der Waals surface area contributed by atoms with Gasteiger partial charge in [0.05, 0.1) is 92.9 Å². The van der Waals surface area contributed by atoms with Crippen LogP contribution in [-0.4, -0.2) is 116 Å². The molecule has 15 nitrogen and oxygen atoms in total. The van der Waals surface area contributed by atoms with E-state index in [-0.39, 0.29) is 35.0 Å². The van der Waals surface area contributed by atoms with Crippen molar-refractivity contribution in [1.29, 1.82) is 0 Å². The SMILES string of the molecule is CCCCCCCCCCCCCCCCNC(=O)CSc1cc2c3cc1OCCCCOc1cc4c(cc1OC)Cc1cc5c(OC)cc1Cc1cc(c(OC)cc1C4)OCCCCOc1cc(c(cc1SCC(=O)NCCCCCCCCCCCCCCCC)Cc1cc(c(SCC(=O)NCCCCCCCCCCCCCCCC)cc1C3)OCCCCO5)C2. The van der Waals surface area contributed by atoms with Crippen molar-refractivity contribution in [1.82, 2.24) is 16.0 Å². The summed E-state index contributed by atoms with van der Waals surface area (Å²) in [5.74, 6) is 7.05. The standard InChI is InChI=1S/C111H165N3O12S3/c1-7-10-13-16-19-22-25-28-31-34-37-40-43-46-55-112-109(115)82-127-106-79-94-67-92-77-104-108(129-84-111(117)114-57-48-45-42-39-36-33-30-27-24-21-18-15-12-9-3)81-96(92)69-93-78-105-107(128-83-110(116)113-56-47-44-41-38-35-32-29-26-23-20-17-14-11-8-2)80-95(93)68-91(94)76-103(106)124-61-52-49-58-121-100-73-88-64-86-71-98(119-5)101(122-59-50-53-62-125-104)75-90(86)66-87-72-99(120-6)102(123-60-51-54-63-126-105)74-89(87)65-85(88)70-97(100)118-4/h70-81H,7-69,82-84H2,1-6H3,(H,112,115)(H,113,116)(H,114,117). The van der Waals surface area contributed by atoms with E-state index in [9.17, 15) is 14.4 Å². The van der Waals surface area contributed by atoms with E-state index < -0.39 is 0 Å². The average Bonchev–Trinajstić information content (AvgIpc) is 1.67. The van der Waals surface area contributed by atoms with Crippen LogP contribution in [0.25, 0.3) is 0 Å². The summed E-state index contributed by atoms with van der Waals surface area (Å²) in [7, 11) is 5.15. The maximum Gasteiger partial charge on any atom is 0.230 e. The third-order valence-electron chi connectivity index (χ3n) is 26.3. The van der Waals surface area contributed by atoms with Crippen LogP contribution in [0.2, 0.25) is 0 Å². The number of nitrogens with one attached hydrogen (secondary N) is 3. The molecular formula is C111H165N3O12S3. The topological polar surface area (TPSA) is 170 Å². The molecule has 12 aliphatic heterocycles. The van der Waals surface area contributed by atoms with Gasteiger partial charge in [0.15, 0.2) is 34.5 Å². The van der Waals surface area contributed by atoms with E-state index in [1.165, 1.54) is 231 Å². The number of unbranched alkanes of at least 4 members (excludes halogenated alkanes) is 39. The summed E-state index contributed by atoms with van der Waals surface area (Å²) in [5, 5.41) is 9.91. The quantitative estimate of drug-likeness (QED) is 0.0243. The fourth-order valence-electron chi connectivity index (χ4n) is 18.5. The largest absolute Gasteiger partial charge is 0.493 e. The monoisotopic (exact) mass is 1830 g/mol. The van der Waals surface area contributed by atoms with Crippen molar-refractivity contribution >= 4 is 53.0 Å². The molecule has 0 atom stereocenters. The summed E-state index contributed by atoms with van der Waals surface area (Å²) < 4.78 is 60.4. The molecule has 14 aliphatic rings. The number of benzene rings is 6. The number of thioether (sulfide) groups is 3. The van der Waals surface area contributed by atoms with E-state index in [0.29, 0.717) is 171 Å². The van der Waals surface area contributed by atoms with Gasteiger partial charge in [-0.15, -0.1) is 35.3 Å². The van der Waals surface area contributed by atoms with Crippen molar-refractivity contribution in [2.45, 2.75) is 382 Å². The Kier molecular flexibility index (Phi) is 50.4. The minimum absolute atomic E-state index is 0.0136. The van der Waals surface area contributed by atoms with Crippen molar-refractivity contribution in [3.8, 4) is 51.7 Å². The molecule has 3 amide bonds. The van der Waals surface area contributed by atoms with Gasteiger partial charge < -0.3 is 58.6 Å². The van der Waals surface area contributed by atoms with E-state index in [1.807, 2.05) is 0 Å². The van der Waals surface area contributed by atoms with Gasteiger partial charge in [0, 0.05) is 19.6 Å². The summed E-state index contributed by atoms with van der Waals surface area (Å²) in [6.07, 6.45) is 61.8. The first-order valence-corrected chi connectivity index (χ1v) is 54.5. The van der Waals surface area contributed by atoms with E-state index in [2.05, 4.69) is 110 Å². The molecular weight excluding hydrogens is 1660 g/mol. The molecule has 714 valence electrons. The van der Waals surface area contributed by atoms with Crippen molar-refractivity contribution in [3.05, 3.63) is 140 Å². The Bertz CT molecular complexity index is 3820. The van der Waals surface area contributed by atoms with Crippen LogP contribution < -0.4 is 58.6 Å². The molecule has 0 radical (unpaired) electrons. The zero-order valence-corrected chi connectivity index (χ0v) is 83.2. The lowest BCUT2D eigenvalue weighted by Gasteiger charge is -2.20. The molecule has 18 bridgehead atoms. The van der Waals surface area contributed by atoms with Crippen LogP contribution in [0.15, 0.2) is 87.5 Å². The van der Waals surface area contributed by atoms with Crippen LogP contribution >= 0.6 is 35.3 Å². The van der Waals surface area contributed by atoms with Gasteiger partial charge in [-0.25, -0.2) is 0 Å². The Hall–Kier alpha value is -7.02.